The van der Waals surface area contributed by atoms with Gasteiger partial charge in [-0.2, -0.15) is 0 Å². The van der Waals surface area contributed by atoms with Crippen molar-refractivity contribution in [1.29, 1.82) is 0 Å². The van der Waals surface area contributed by atoms with E-state index in [4.69, 9.17) is 4.74 Å². The second-order valence-electron chi connectivity index (χ2n) is 5.88. The van der Waals surface area contributed by atoms with E-state index in [1.165, 1.54) is 0 Å². The number of ether oxygens (including phenoxy) is 1. The Labute approximate surface area is 147 Å². The second-order valence-corrected chi connectivity index (χ2v) is 5.88. The predicted octanol–water partition coefficient (Wildman–Crippen LogP) is 1.18. The first-order valence-corrected chi connectivity index (χ1v) is 8.11. The Balaban J connectivity index is 1.85. The number of hydrogen-bond donors (Lipinski definition) is 3. The lowest BCUT2D eigenvalue weighted by molar-refractivity contribution is -0.885. The number of anilines is 2. The minimum atomic E-state index is -0.359. The van der Waals surface area contributed by atoms with Gasteiger partial charge >= 0.3 is 0 Å². The molecule has 132 valence electrons. The number of amides is 2. The Morgan fingerprint density at radius 1 is 1.00 bits per heavy atom. The molecule has 0 aliphatic rings. The smallest absolute Gasteiger partial charge is 0.282 e. The number of carbonyl (C=O) groups excluding carboxylic acids is 2. The highest BCUT2D eigenvalue weighted by Crippen LogP contribution is 2.14. The van der Waals surface area contributed by atoms with Crippen LogP contribution in [0.5, 0.6) is 5.75 Å². The van der Waals surface area contributed by atoms with Crippen molar-refractivity contribution >= 4 is 23.2 Å². The summed E-state index contributed by atoms with van der Waals surface area (Å²) in [6.45, 7) is 1.99. The van der Waals surface area contributed by atoms with E-state index >= 15 is 0 Å². The summed E-state index contributed by atoms with van der Waals surface area (Å²) in [5, 5.41) is 5.67. The monoisotopic (exact) mass is 342 g/mol. The van der Waals surface area contributed by atoms with E-state index in [9.17, 15) is 9.59 Å². The van der Waals surface area contributed by atoms with Crippen molar-refractivity contribution in [2.75, 3.05) is 31.3 Å². The number of likely N-dealkylation sites (N-methyl/N-ethyl adjacent to an activating group) is 1. The fourth-order valence-electron chi connectivity index (χ4n) is 2.28. The normalized spacial score (nSPS) is 12.8. The van der Waals surface area contributed by atoms with Gasteiger partial charge in [0, 0.05) is 11.4 Å². The number of para-hydroxylation sites is 1. The van der Waals surface area contributed by atoms with E-state index in [2.05, 4.69) is 10.6 Å². The van der Waals surface area contributed by atoms with Crippen LogP contribution in [0.3, 0.4) is 0 Å². The summed E-state index contributed by atoms with van der Waals surface area (Å²) in [7, 11) is 3.41. The van der Waals surface area contributed by atoms with Crippen molar-refractivity contribution in [2.45, 2.75) is 13.0 Å². The number of hydrogen-bond acceptors (Lipinski definition) is 3. The molecule has 0 aromatic heterocycles. The third kappa shape index (κ3) is 5.61. The van der Waals surface area contributed by atoms with Crippen LogP contribution < -0.4 is 20.3 Å². The van der Waals surface area contributed by atoms with Gasteiger partial charge < -0.3 is 20.3 Å². The molecule has 0 aliphatic carbocycles. The highest BCUT2D eigenvalue weighted by atomic mass is 16.5. The van der Waals surface area contributed by atoms with Crippen molar-refractivity contribution in [3.05, 3.63) is 54.6 Å². The molecular weight excluding hydrogens is 318 g/mol. The van der Waals surface area contributed by atoms with Crippen LogP contribution in [0.1, 0.15) is 6.92 Å². The lowest BCUT2D eigenvalue weighted by Crippen LogP contribution is -3.14. The van der Waals surface area contributed by atoms with Gasteiger partial charge in [-0.1, -0.05) is 18.2 Å². The minimum Gasteiger partial charge on any atom is -0.497 e. The molecule has 2 rings (SSSR count). The SMILES string of the molecule is COc1ccc(NC(=O)C[NH+](C)[C@H](C)C(=O)Nc2ccccc2)cc1. The zero-order chi connectivity index (χ0) is 18.2. The first-order valence-electron chi connectivity index (χ1n) is 8.11. The molecule has 2 aromatic carbocycles. The van der Waals surface area contributed by atoms with Crippen LogP contribution in [-0.4, -0.2) is 38.6 Å². The van der Waals surface area contributed by atoms with E-state index in [-0.39, 0.29) is 24.4 Å². The summed E-state index contributed by atoms with van der Waals surface area (Å²) in [5.41, 5.74) is 1.44. The van der Waals surface area contributed by atoms with E-state index in [1.807, 2.05) is 37.4 Å². The summed E-state index contributed by atoms with van der Waals surface area (Å²) in [5.74, 6) is 0.454. The highest BCUT2D eigenvalue weighted by Gasteiger charge is 2.24. The molecular formula is C19H24N3O3+. The Morgan fingerprint density at radius 3 is 2.20 bits per heavy atom. The lowest BCUT2D eigenvalue weighted by atomic mass is 10.2. The molecule has 0 radical (unpaired) electrons. The number of carbonyl (C=O) groups is 2. The van der Waals surface area contributed by atoms with Crippen LogP contribution in [0.15, 0.2) is 54.6 Å². The molecule has 2 aromatic rings. The maximum Gasteiger partial charge on any atom is 0.282 e. The van der Waals surface area contributed by atoms with Crippen LogP contribution in [0.4, 0.5) is 11.4 Å². The summed E-state index contributed by atoms with van der Waals surface area (Å²) in [4.78, 5) is 25.3. The van der Waals surface area contributed by atoms with Crippen LogP contribution in [0, 0.1) is 0 Å². The van der Waals surface area contributed by atoms with Gasteiger partial charge in [0.25, 0.3) is 11.8 Å². The topological polar surface area (TPSA) is 71.9 Å². The molecule has 0 fully saturated rings. The third-order valence-electron chi connectivity index (χ3n) is 3.99. The number of nitrogens with one attached hydrogen (secondary N) is 3. The Hall–Kier alpha value is -2.86. The minimum absolute atomic E-state index is 0.124. The van der Waals surface area contributed by atoms with Gasteiger partial charge in [-0.3, -0.25) is 9.59 Å². The molecule has 0 bridgehead atoms. The summed E-state index contributed by atoms with van der Waals surface area (Å²) in [6.07, 6.45) is 0. The summed E-state index contributed by atoms with van der Waals surface area (Å²) >= 11 is 0. The maximum atomic E-state index is 12.3. The van der Waals surface area contributed by atoms with Gasteiger partial charge in [-0.05, 0) is 43.3 Å². The van der Waals surface area contributed by atoms with Crippen LogP contribution >= 0.6 is 0 Å². The molecule has 0 aliphatic heterocycles. The van der Waals surface area contributed by atoms with Crippen molar-refractivity contribution in [3.8, 4) is 5.75 Å². The zero-order valence-corrected chi connectivity index (χ0v) is 14.7. The molecule has 0 saturated carbocycles. The molecule has 0 spiro atoms. The number of benzene rings is 2. The van der Waals surface area contributed by atoms with E-state index in [1.54, 1.807) is 38.3 Å². The fourth-order valence-corrected chi connectivity index (χ4v) is 2.28. The maximum absolute atomic E-state index is 12.3. The first kappa shape index (κ1) is 18.5. The number of methoxy groups -OCH3 is 1. The molecule has 0 heterocycles. The van der Waals surface area contributed by atoms with Crippen LogP contribution in [0.25, 0.3) is 0 Å². The average Bonchev–Trinajstić information content (AvgIpc) is 2.62. The molecule has 1 unspecified atom stereocenters. The van der Waals surface area contributed by atoms with Crippen molar-refractivity contribution < 1.29 is 19.2 Å². The Bertz CT molecular complexity index is 702. The molecule has 0 saturated heterocycles. The number of quaternary nitrogens is 1. The van der Waals surface area contributed by atoms with Crippen LogP contribution in [0.2, 0.25) is 0 Å². The molecule has 2 amide bonds. The summed E-state index contributed by atoms with van der Waals surface area (Å²) < 4.78 is 5.08. The van der Waals surface area contributed by atoms with Crippen molar-refractivity contribution in [3.63, 3.8) is 0 Å². The van der Waals surface area contributed by atoms with Gasteiger partial charge in [0.05, 0.1) is 14.2 Å². The van der Waals surface area contributed by atoms with Crippen molar-refractivity contribution in [1.82, 2.24) is 0 Å². The predicted molar refractivity (Wildman–Crippen MR) is 97.9 cm³/mol. The lowest BCUT2D eigenvalue weighted by Gasteiger charge is -2.20. The van der Waals surface area contributed by atoms with Gasteiger partial charge in [-0.25, -0.2) is 0 Å². The average molecular weight is 342 g/mol. The second kappa shape index (κ2) is 8.84. The molecule has 25 heavy (non-hydrogen) atoms. The van der Waals surface area contributed by atoms with Gasteiger partial charge in [0.1, 0.15) is 5.75 Å². The third-order valence-corrected chi connectivity index (χ3v) is 3.99. The van der Waals surface area contributed by atoms with E-state index in [0.29, 0.717) is 5.69 Å². The van der Waals surface area contributed by atoms with E-state index < -0.39 is 0 Å². The van der Waals surface area contributed by atoms with Gasteiger partial charge in [0.15, 0.2) is 12.6 Å². The molecule has 6 heteroatoms. The van der Waals surface area contributed by atoms with Gasteiger partial charge in [0.2, 0.25) is 0 Å². The molecule has 3 N–H and O–H groups in total. The molecule has 2 atom stereocenters. The zero-order valence-electron chi connectivity index (χ0n) is 14.7. The van der Waals surface area contributed by atoms with Crippen LogP contribution in [-0.2, 0) is 9.59 Å². The quantitative estimate of drug-likeness (QED) is 0.707. The van der Waals surface area contributed by atoms with E-state index in [0.717, 1.165) is 16.3 Å². The van der Waals surface area contributed by atoms with Crippen molar-refractivity contribution in [2.24, 2.45) is 0 Å². The molecule has 6 nitrogen and oxygen atoms in total. The highest BCUT2D eigenvalue weighted by molar-refractivity contribution is 5.94. The fraction of sp³-hybridized carbons (Fsp3) is 0.263. The summed E-state index contributed by atoms with van der Waals surface area (Å²) in [6, 6.07) is 16.0. The largest absolute Gasteiger partial charge is 0.497 e. The Kier molecular flexibility index (Phi) is 6.54. The first-order chi connectivity index (χ1) is 12.0. The standard InChI is InChI=1S/C19H23N3O3/c1-14(19(24)21-15-7-5-4-6-8-15)22(2)13-18(23)20-16-9-11-17(25-3)12-10-16/h4-12,14H,13H2,1-3H3,(H,20,23)(H,21,24)/p+1/t14-/m1/s1. The Morgan fingerprint density at radius 2 is 1.60 bits per heavy atom. The number of rotatable bonds is 7. The van der Waals surface area contributed by atoms with Gasteiger partial charge in [-0.15, -0.1) is 0 Å².